The predicted octanol–water partition coefficient (Wildman–Crippen LogP) is 0.783. The van der Waals surface area contributed by atoms with E-state index in [-0.39, 0.29) is 5.91 Å². The quantitative estimate of drug-likeness (QED) is 0.444. The van der Waals surface area contributed by atoms with Crippen molar-refractivity contribution in [1.29, 1.82) is 0 Å². The summed E-state index contributed by atoms with van der Waals surface area (Å²) in [5.41, 5.74) is -0.146. The molecule has 1 aliphatic carbocycles. The topological polar surface area (TPSA) is 134 Å². The van der Waals surface area contributed by atoms with Gasteiger partial charge in [-0.15, -0.1) is 0 Å². The van der Waals surface area contributed by atoms with Gasteiger partial charge in [-0.1, -0.05) is 18.9 Å². The molecule has 3 N–H and O–H groups in total. The van der Waals surface area contributed by atoms with Crippen molar-refractivity contribution in [2.24, 2.45) is 0 Å². The van der Waals surface area contributed by atoms with Crippen LogP contribution in [0.2, 0.25) is 0 Å². The number of nitrogens with zero attached hydrogens (tertiary/aromatic N) is 1. The van der Waals surface area contributed by atoms with Crippen LogP contribution in [0.4, 0.5) is 10.5 Å². The van der Waals surface area contributed by atoms with Crippen LogP contribution in [0.25, 0.3) is 0 Å². The van der Waals surface area contributed by atoms with Crippen LogP contribution >= 0.6 is 0 Å². The van der Waals surface area contributed by atoms with Crippen molar-refractivity contribution in [2.75, 3.05) is 25.0 Å². The zero-order valence-corrected chi connectivity index (χ0v) is 16.7. The van der Waals surface area contributed by atoms with E-state index in [0.717, 1.165) is 17.7 Å². The van der Waals surface area contributed by atoms with E-state index in [9.17, 15) is 24.0 Å². The molecule has 2 aliphatic rings. The van der Waals surface area contributed by atoms with Crippen LogP contribution in [0, 0.1) is 0 Å². The molecule has 3 rings (SSSR count). The molecule has 160 valence electrons. The molecule has 1 saturated carbocycles. The highest BCUT2D eigenvalue weighted by atomic mass is 16.5. The van der Waals surface area contributed by atoms with Gasteiger partial charge >= 0.3 is 12.0 Å². The first-order valence-corrected chi connectivity index (χ1v) is 9.82. The van der Waals surface area contributed by atoms with E-state index in [2.05, 4.69) is 16.0 Å². The number of imide groups is 1. The van der Waals surface area contributed by atoms with Crippen LogP contribution in [-0.2, 0) is 19.1 Å². The van der Waals surface area contributed by atoms with Gasteiger partial charge in [-0.2, -0.15) is 0 Å². The second kappa shape index (κ2) is 8.93. The zero-order valence-electron chi connectivity index (χ0n) is 16.7. The fourth-order valence-electron chi connectivity index (χ4n) is 3.66. The molecule has 0 unspecified atom stereocenters. The summed E-state index contributed by atoms with van der Waals surface area (Å²) in [6.45, 7) is 1.14. The average Bonchev–Trinajstić information content (AvgIpc) is 3.27. The molecule has 2 fully saturated rings. The van der Waals surface area contributed by atoms with E-state index in [0.29, 0.717) is 30.6 Å². The lowest BCUT2D eigenvalue weighted by molar-refractivity contribution is -0.150. The smallest absolute Gasteiger partial charge is 0.326 e. The molecule has 30 heavy (non-hydrogen) atoms. The Balaban J connectivity index is 1.49. The summed E-state index contributed by atoms with van der Waals surface area (Å²) in [7, 11) is 0. The van der Waals surface area contributed by atoms with Crippen molar-refractivity contribution in [3.63, 3.8) is 0 Å². The van der Waals surface area contributed by atoms with Crippen LogP contribution in [0.5, 0.6) is 0 Å². The van der Waals surface area contributed by atoms with E-state index >= 15 is 0 Å². The molecule has 10 heteroatoms. The molecule has 0 radical (unpaired) electrons. The van der Waals surface area contributed by atoms with E-state index in [1.165, 1.54) is 6.07 Å². The highest BCUT2D eigenvalue weighted by Crippen LogP contribution is 2.34. The fourth-order valence-corrected chi connectivity index (χ4v) is 3.66. The van der Waals surface area contributed by atoms with Crippen molar-refractivity contribution < 1.29 is 28.7 Å². The Morgan fingerprint density at radius 1 is 1.20 bits per heavy atom. The molecule has 10 nitrogen and oxygen atoms in total. The number of amides is 5. The number of esters is 1. The molecular formula is C20H24N4O6. The van der Waals surface area contributed by atoms with Crippen molar-refractivity contribution in [3.05, 3.63) is 29.8 Å². The summed E-state index contributed by atoms with van der Waals surface area (Å²) in [6, 6.07) is 5.69. The van der Waals surface area contributed by atoms with E-state index in [1.54, 1.807) is 25.1 Å². The summed E-state index contributed by atoms with van der Waals surface area (Å²) in [5.74, 6) is -2.16. The maximum atomic E-state index is 12.5. The minimum absolute atomic E-state index is 0.270. The van der Waals surface area contributed by atoms with Gasteiger partial charge in [0.1, 0.15) is 12.1 Å². The van der Waals surface area contributed by atoms with Gasteiger partial charge in [-0.3, -0.25) is 24.1 Å². The molecule has 1 spiro atoms. The lowest BCUT2D eigenvalue weighted by atomic mass is 9.98. The van der Waals surface area contributed by atoms with Crippen LogP contribution in [0.15, 0.2) is 24.3 Å². The molecule has 1 aromatic rings. The summed E-state index contributed by atoms with van der Waals surface area (Å²) in [6.07, 6.45) is 2.79. The van der Waals surface area contributed by atoms with Gasteiger partial charge in [-0.25, -0.2) is 4.79 Å². The van der Waals surface area contributed by atoms with Gasteiger partial charge in [0.2, 0.25) is 0 Å². The average molecular weight is 416 g/mol. The van der Waals surface area contributed by atoms with Gasteiger partial charge in [0.15, 0.2) is 6.61 Å². The standard InChI is InChI=1S/C20H24N4O6/c1-2-21-17(27)13-6-5-7-14(10-13)22-15(25)12-30-16(26)11-24-18(28)20(23-19(24)29)8-3-4-9-20/h5-7,10H,2-4,8-9,11-12H2,1H3,(H,21,27)(H,22,25)(H,23,29). The Hall–Kier alpha value is -3.43. The van der Waals surface area contributed by atoms with Gasteiger partial charge < -0.3 is 20.7 Å². The van der Waals surface area contributed by atoms with Gasteiger partial charge in [-0.05, 0) is 38.0 Å². The molecule has 5 amide bonds. The van der Waals surface area contributed by atoms with Crippen LogP contribution < -0.4 is 16.0 Å². The first kappa shape index (κ1) is 21.3. The number of nitrogens with one attached hydrogen (secondary N) is 3. The lowest BCUT2D eigenvalue weighted by Gasteiger charge is -2.19. The number of anilines is 1. The highest BCUT2D eigenvalue weighted by molar-refractivity contribution is 6.09. The third-order valence-electron chi connectivity index (χ3n) is 5.10. The Labute approximate surface area is 173 Å². The van der Waals surface area contributed by atoms with Gasteiger partial charge in [0.05, 0.1) is 0 Å². The number of carbonyl (C=O) groups excluding carboxylic acids is 5. The highest BCUT2D eigenvalue weighted by Gasteiger charge is 2.52. The number of benzene rings is 1. The summed E-state index contributed by atoms with van der Waals surface area (Å²) in [4.78, 5) is 61.3. The minimum atomic E-state index is -0.899. The maximum absolute atomic E-state index is 12.5. The van der Waals surface area contributed by atoms with E-state index in [4.69, 9.17) is 4.74 Å². The van der Waals surface area contributed by atoms with E-state index < -0.39 is 42.5 Å². The van der Waals surface area contributed by atoms with E-state index in [1.807, 2.05) is 0 Å². The second-order valence-corrected chi connectivity index (χ2v) is 7.26. The monoisotopic (exact) mass is 416 g/mol. The predicted molar refractivity (Wildman–Crippen MR) is 105 cm³/mol. The van der Waals surface area contributed by atoms with Gasteiger partial charge in [0.25, 0.3) is 17.7 Å². The van der Waals surface area contributed by atoms with Crippen molar-refractivity contribution in [2.45, 2.75) is 38.1 Å². The lowest BCUT2D eigenvalue weighted by Crippen LogP contribution is -2.44. The summed E-state index contributed by atoms with van der Waals surface area (Å²) in [5, 5.41) is 7.86. The summed E-state index contributed by atoms with van der Waals surface area (Å²) < 4.78 is 4.90. The third-order valence-corrected chi connectivity index (χ3v) is 5.10. The molecule has 1 heterocycles. The molecule has 0 bridgehead atoms. The van der Waals surface area contributed by atoms with Crippen LogP contribution in [-0.4, -0.2) is 59.9 Å². The molecule has 1 saturated heterocycles. The first-order valence-electron chi connectivity index (χ1n) is 9.82. The number of ether oxygens (including phenoxy) is 1. The number of urea groups is 1. The number of carbonyl (C=O) groups is 5. The van der Waals surface area contributed by atoms with Crippen LogP contribution in [0.3, 0.4) is 0 Å². The largest absolute Gasteiger partial charge is 0.454 e. The number of rotatable bonds is 7. The maximum Gasteiger partial charge on any atom is 0.326 e. The van der Waals surface area contributed by atoms with Crippen molar-refractivity contribution in [3.8, 4) is 0 Å². The van der Waals surface area contributed by atoms with Crippen molar-refractivity contribution in [1.82, 2.24) is 15.5 Å². The van der Waals surface area contributed by atoms with Gasteiger partial charge in [0, 0.05) is 17.8 Å². The Morgan fingerprint density at radius 2 is 1.93 bits per heavy atom. The SMILES string of the molecule is CCNC(=O)c1cccc(NC(=O)COC(=O)CN2C(=O)NC3(CCCC3)C2=O)c1. The normalized spacial score (nSPS) is 17.0. The third kappa shape index (κ3) is 4.58. The fraction of sp³-hybridized carbons (Fsp3) is 0.450. The summed E-state index contributed by atoms with van der Waals surface area (Å²) >= 11 is 0. The minimum Gasteiger partial charge on any atom is -0.454 e. The Morgan fingerprint density at radius 3 is 2.63 bits per heavy atom. The van der Waals surface area contributed by atoms with Crippen molar-refractivity contribution >= 4 is 35.4 Å². The van der Waals surface area contributed by atoms with Crippen LogP contribution in [0.1, 0.15) is 43.0 Å². The first-order chi connectivity index (χ1) is 14.3. The molecule has 1 aromatic carbocycles. The Bertz CT molecular complexity index is 878. The zero-order chi connectivity index (χ0) is 21.7. The number of hydrogen-bond donors (Lipinski definition) is 3. The molecular weight excluding hydrogens is 392 g/mol. The Kier molecular flexibility index (Phi) is 6.34. The second-order valence-electron chi connectivity index (χ2n) is 7.26. The molecule has 0 aromatic heterocycles. The molecule has 0 atom stereocenters. The number of hydrogen-bond acceptors (Lipinski definition) is 6. The molecule has 1 aliphatic heterocycles.